The van der Waals surface area contributed by atoms with Crippen LogP contribution in [-0.4, -0.2) is 29.6 Å². The molecule has 1 saturated carbocycles. The van der Waals surface area contributed by atoms with E-state index in [0.29, 0.717) is 32.9 Å². The van der Waals surface area contributed by atoms with Gasteiger partial charge in [-0.25, -0.2) is 0 Å². The van der Waals surface area contributed by atoms with Gasteiger partial charge < -0.3 is 20.5 Å². The van der Waals surface area contributed by atoms with Gasteiger partial charge in [-0.3, -0.25) is 9.59 Å². The third-order valence-corrected chi connectivity index (χ3v) is 5.83. The summed E-state index contributed by atoms with van der Waals surface area (Å²) in [7, 11) is 0. The minimum absolute atomic E-state index is 0.333. The topological polar surface area (TPSA) is 87.7 Å². The molecule has 2 aromatic rings. The number of halogens is 2. The maximum absolute atomic E-state index is 12.1. The molecule has 1 aliphatic rings. The highest BCUT2D eigenvalue weighted by Crippen LogP contribution is 2.35. The van der Waals surface area contributed by atoms with Gasteiger partial charge in [-0.1, -0.05) is 6.07 Å². The summed E-state index contributed by atoms with van der Waals surface area (Å²) in [5, 5.41) is 14.6. The number of aryl methyl sites for hydroxylation is 1. The quantitative estimate of drug-likeness (QED) is 0.457. The van der Waals surface area contributed by atoms with Crippen molar-refractivity contribution in [1.82, 2.24) is 5.32 Å². The molecule has 0 atom stereocenters. The SMILES string of the molecule is Cc1cc(COc2c(Br)cc(C(=O)NCC(=O)O)cc2Br)cc(NC2CCC2)c1. The van der Waals surface area contributed by atoms with Crippen molar-refractivity contribution < 1.29 is 19.4 Å². The summed E-state index contributed by atoms with van der Waals surface area (Å²) in [5.74, 6) is -0.985. The fraction of sp³-hybridized carbons (Fsp3) is 0.333. The number of hydrogen-bond acceptors (Lipinski definition) is 4. The van der Waals surface area contributed by atoms with Crippen LogP contribution in [0.1, 0.15) is 40.7 Å². The van der Waals surface area contributed by atoms with E-state index in [-0.39, 0.29) is 0 Å². The first-order valence-electron chi connectivity index (χ1n) is 9.31. The monoisotopic (exact) mass is 524 g/mol. The van der Waals surface area contributed by atoms with E-state index in [1.165, 1.54) is 19.3 Å². The number of benzene rings is 2. The minimum Gasteiger partial charge on any atom is -0.487 e. The zero-order valence-electron chi connectivity index (χ0n) is 15.9. The Balaban J connectivity index is 1.68. The summed E-state index contributed by atoms with van der Waals surface area (Å²) in [6, 6.07) is 10.1. The molecule has 1 aliphatic carbocycles. The van der Waals surface area contributed by atoms with E-state index in [1.807, 2.05) is 0 Å². The number of rotatable bonds is 8. The molecule has 0 aliphatic heterocycles. The van der Waals surface area contributed by atoms with E-state index in [2.05, 4.69) is 67.6 Å². The summed E-state index contributed by atoms with van der Waals surface area (Å²) < 4.78 is 7.20. The first-order valence-corrected chi connectivity index (χ1v) is 10.9. The molecule has 154 valence electrons. The molecule has 2 aromatic carbocycles. The van der Waals surface area contributed by atoms with Crippen molar-refractivity contribution in [3.63, 3.8) is 0 Å². The number of aliphatic carboxylic acids is 1. The molecule has 0 heterocycles. The molecule has 1 amide bonds. The smallest absolute Gasteiger partial charge is 0.322 e. The van der Waals surface area contributed by atoms with E-state index in [9.17, 15) is 9.59 Å². The van der Waals surface area contributed by atoms with Gasteiger partial charge in [0.1, 0.15) is 18.9 Å². The summed E-state index contributed by atoms with van der Waals surface area (Å²) >= 11 is 6.87. The van der Waals surface area contributed by atoms with E-state index in [1.54, 1.807) is 12.1 Å². The zero-order chi connectivity index (χ0) is 21.0. The molecule has 1 fully saturated rings. The van der Waals surface area contributed by atoms with Crippen LogP contribution in [0.2, 0.25) is 0 Å². The van der Waals surface area contributed by atoms with Crippen molar-refractivity contribution >= 4 is 49.4 Å². The Hall–Kier alpha value is -2.06. The normalized spacial score (nSPS) is 13.5. The zero-order valence-corrected chi connectivity index (χ0v) is 19.1. The van der Waals surface area contributed by atoms with Gasteiger partial charge in [-0.15, -0.1) is 0 Å². The standard InChI is InChI=1S/C21H22Br2N2O4/c1-12-5-13(7-16(6-12)25-15-3-2-4-15)11-29-20-17(22)8-14(9-18(20)23)21(28)24-10-19(26)27/h5-9,15,25H,2-4,10-11H2,1H3,(H,24,28)(H,26,27). The van der Waals surface area contributed by atoms with Crippen LogP contribution >= 0.6 is 31.9 Å². The van der Waals surface area contributed by atoms with Gasteiger partial charge in [0.25, 0.3) is 5.91 Å². The van der Waals surface area contributed by atoms with Crippen molar-refractivity contribution in [2.24, 2.45) is 0 Å². The highest BCUT2D eigenvalue weighted by atomic mass is 79.9. The molecular formula is C21H22Br2N2O4. The molecule has 0 unspecified atom stereocenters. The fourth-order valence-corrected chi connectivity index (χ4v) is 4.48. The van der Waals surface area contributed by atoms with Crippen LogP contribution in [-0.2, 0) is 11.4 Å². The molecule has 0 bridgehead atoms. The highest BCUT2D eigenvalue weighted by Gasteiger charge is 2.17. The number of anilines is 1. The van der Waals surface area contributed by atoms with Crippen molar-refractivity contribution in [3.05, 3.63) is 56.0 Å². The van der Waals surface area contributed by atoms with Crippen molar-refractivity contribution in [3.8, 4) is 5.75 Å². The number of nitrogens with one attached hydrogen (secondary N) is 2. The third-order valence-electron chi connectivity index (χ3n) is 4.66. The van der Waals surface area contributed by atoms with Gasteiger partial charge in [0.05, 0.1) is 8.95 Å². The van der Waals surface area contributed by atoms with E-state index >= 15 is 0 Å². The lowest BCUT2D eigenvalue weighted by Gasteiger charge is -2.28. The Kier molecular flexibility index (Phi) is 7.18. The number of hydrogen-bond donors (Lipinski definition) is 3. The molecule has 29 heavy (non-hydrogen) atoms. The van der Waals surface area contributed by atoms with Crippen molar-refractivity contribution in [1.29, 1.82) is 0 Å². The van der Waals surface area contributed by atoms with Crippen LogP contribution in [0, 0.1) is 6.92 Å². The van der Waals surface area contributed by atoms with Crippen LogP contribution in [0.15, 0.2) is 39.3 Å². The predicted octanol–water partition coefficient (Wildman–Crippen LogP) is 4.88. The maximum Gasteiger partial charge on any atom is 0.322 e. The third kappa shape index (κ3) is 5.96. The average molecular weight is 526 g/mol. The Morgan fingerprint density at radius 2 is 1.83 bits per heavy atom. The second kappa shape index (κ2) is 9.63. The second-order valence-electron chi connectivity index (χ2n) is 7.11. The molecule has 0 radical (unpaired) electrons. The van der Waals surface area contributed by atoms with Gasteiger partial charge in [-0.2, -0.15) is 0 Å². The minimum atomic E-state index is -1.10. The van der Waals surface area contributed by atoms with Crippen LogP contribution in [0.3, 0.4) is 0 Å². The largest absolute Gasteiger partial charge is 0.487 e. The van der Waals surface area contributed by atoms with Crippen LogP contribution in [0.5, 0.6) is 5.75 Å². The fourth-order valence-electron chi connectivity index (χ4n) is 3.06. The Morgan fingerprint density at radius 3 is 2.41 bits per heavy atom. The van der Waals surface area contributed by atoms with E-state index in [0.717, 1.165) is 16.8 Å². The number of ether oxygens (including phenoxy) is 1. The molecule has 0 saturated heterocycles. The first kappa shape index (κ1) is 21.6. The van der Waals surface area contributed by atoms with Crippen LogP contribution in [0.4, 0.5) is 5.69 Å². The lowest BCUT2D eigenvalue weighted by molar-refractivity contribution is -0.135. The lowest BCUT2D eigenvalue weighted by Crippen LogP contribution is -2.29. The van der Waals surface area contributed by atoms with Crippen LogP contribution in [0.25, 0.3) is 0 Å². The highest BCUT2D eigenvalue weighted by molar-refractivity contribution is 9.11. The summed E-state index contributed by atoms with van der Waals surface area (Å²) in [4.78, 5) is 22.7. The van der Waals surface area contributed by atoms with Crippen molar-refractivity contribution in [2.45, 2.75) is 38.8 Å². The summed E-state index contributed by atoms with van der Waals surface area (Å²) in [6.45, 7) is 2.01. The molecule has 6 nitrogen and oxygen atoms in total. The lowest BCUT2D eigenvalue weighted by atomic mass is 9.93. The Labute approximate surface area is 186 Å². The van der Waals surface area contributed by atoms with Crippen molar-refractivity contribution in [2.75, 3.05) is 11.9 Å². The molecule has 3 rings (SSSR count). The van der Waals surface area contributed by atoms with E-state index in [4.69, 9.17) is 9.84 Å². The molecule has 0 spiro atoms. The van der Waals surface area contributed by atoms with Gasteiger partial charge in [0.15, 0.2) is 0 Å². The summed E-state index contributed by atoms with van der Waals surface area (Å²) in [6.07, 6.45) is 3.71. The van der Waals surface area contributed by atoms with Gasteiger partial charge in [-0.05, 0) is 93.4 Å². The predicted molar refractivity (Wildman–Crippen MR) is 119 cm³/mol. The average Bonchev–Trinajstić information content (AvgIpc) is 2.61. The number of carboxylic acids is 1. The second-order valence-corrected chi connectivity index (χ2v) is 8.82. The van der Waals surface area contributed by atoms with Gasteiger partial charge in [0.2, 0.25) is 0 Å². The molecule has 8 heteroatoms. The van der Waals surface area contributed by atoms with Gasteiger partial charge >= 0.3 is 5.97 Å². The maximum atomic E-state index is 12.1. The number of carboxylic acid groups (broad SMARTS) is 1. The Morgan fingerprint density at radius 1 is 1.14 bits per heavy atom. The number of amides is 1. The Bertz CT molecular complexity index is 906. The first-order chi connectivity index (χ1) is 13.8. The van der Waals surface area contributed by atoms with E-state index < -0.39 is 18.4 Å². The van der Waals surface area contributed by atoms with Crippen LogP contribution < -0.4 is 15.4 Å². The molecule has 0 aromatic heterocycles. The molecule has 3 N–H and O–H groups in total. The molecular weight excluding hydrogens is 504 g/mol. The number of carbonyl (C=O) groups is 2. The summed E-state index contributed by atoms with van der Waals surface area (Å²) in [5.41, 5.74) is 3.65. The van der Waals surface area contributed by atoms with Gasteiger partial charge in [0, 0.05) is 17.3 Å². The number of carbonyl (C=O) groups excluding carboxylic acids is 1.